The third-order valence-corrected chi connectivity index (χ3v) is 3.68. The molecule has 2 atom stereocenters. The van der Waals surface area contributed by atoms with Gasteiger partial charge >= 0.3 is 11.9 Å². The smallest absolute Gasteiger partial charge is 0.307 e. The summed E-state index contributed by atoms with van der Waals surface area (Å²) < 4.78 is 10.3. The predicted molar refractivity (Wildman–Crippen MR) is 85.3 cm³/mol. The highest BCUT2D eigenvalue weighted by molar-refractivity contribution is 6.04. The molecule has 7 nitrogen and oxygen atoms in total. The number of Topliss-reactive ketones (excluding diaryl/α,β-unsaturated/α-hetero) is 1. The van der Waals surface area contributed by atoms with E-state index >= 15 is 0 Å². The van der Waals surface area contributed by atoms with E-state index in [1.807, 2.05) is 0 Å². The third-order valence-electron chi connectivity index (χ3n) is 3.68. The molecular formula is C17H19NO6. The van der Waals surface area contributed by atoms with Crippen LogP contribution in [0.5, 0.6) is 5.75 Å². The summed E-state index contributed by atoms with van der Waals surface area (Å²) in [6, 6.07) is 6.41. The molecule has 0 saturated heterocycles. The summed E-state index contributed by atoms with van der Waals surface area (Å²) in [6.07, 6.45) is 0.262. The minimum Gasteiger partial charge on any atom is -0.497 e. The number of carbonyl (C=O) groups is 3. The number of ketones is 1. The second kappa shape index (κ2) is 7.74. The van der Waals surface area contributed by atoms with Gasteiger partial charge in [-0.1, -0.05) is 12.1 Å². The van der Waals surface area contributed by atoms with Crippen molar-refractivity contribution >= 4 is 23.8 Å². The molecule has 0 aliphatic heterocycles. The minimum atomic E-state index is -1.09. The van der Waals surface area contributed by atoms with Gasteiger partial charge in [0.2, 0.25) is 0 Å². The SMILES string of the molecule is COc1ccc(/C=C2\C(=O)CC(N)C2OC(=O)CCC(=O)O)cc1. The molecule has 24 heavy (non-hydrogen) atoms. The topological polar surface area (TPSA) is 116 Å². The second-order valence-corrected chi connectivity index (χ2v) is 5.47. The number of nitrogens with two attached hydrogens (primary N) is 1. The number of ether oxygens (including phenoxy) is 2. The number of hydrogen-bond acceptors (Lipinski definition) is 6. The van der Waals surface area contributed by atoms with E-state index in [0.29, 0.717) is 11.3 Å². The van der Waals surface area contributed by atoms with Crippen molar-refractivity contribution in [2.45, 2.75) is 31.4 Å². The summed E-state index contributed by atoms with van der Waals surface area (Å²) in [4.78, 5) is 34.4. The Hall–Kier alpha value is -2.67. The fraction of sp³-hybridized carbons (Fsp3) is 0.353. The van der Waals surface area contributed by atoms with E-state index in [-0.39, 0.29) is 25.0 Å². The van der Waals surface area contributed by atoms with Crippen molar-refractivity contribution in [3.05, 3.63) is 35.4 Å². The van der Waals surface area contributed by atoms with Crippen LogP contribution in [0.15, 0.2) is 29.8 Å². The minimum absolute atomic E-state index is 0.0822. The standard InChI is InChI=1S/C17H19NO6/c1-23-11-4-2-10(3-5-11)8-12-14(19)9-13(18)17(12)24-16(22)7-6-15(20)21/h2-5,8,13,17H,6-7,9,18H2,1H3,(H,20,21)/b12-8+. The van der Waals surface area contributed by atoms with E-state index < -0.39 is 24.1 Å². The summed E-state index contributed by atoms with van der Waals surface area (Å²) in [5.41, 5.74) is 6.95. The second-order valence-electron chi connectivity index (χ2n) is 5.47. The molecule has 3 N–H and O–H groups in total. The van der Waals surface area contributed by atoms with Gasteiger partial charge in [0.15, 0.2) is 5.78 Å². The monoisotopic (exact) mass is 333 g/mol. The van der Waals surface area contributed by atoms with Gasteiger partial charge < -0.3 is 20.3 Å². The Labute approximate surface area is 139 Å². The van der Waals surface area contributed by atoms with Gasteiger partial charge in [0, 0.05) is 12.0 Å². The van der Waals surface area contributed by atoms with Crippen LogP contribution in [-0.4, -0.2) is 42.1 Å². The van der Waals surface area contributed by atoms with E-state index in [2.05, 4.69) is 0 Å². The summed E-state index contributed by atoms with van der Waals surface area (Å²) in [6.45, 7) is 0. The zero-order valence-electron chi connectivity index (χ0n) is 13.2. The van der Waals surface area contributed by atoms with Gasteiger partial charge in [0.25, 0.3) is 0 Å². The van der Waals surface area contributed by atoms with Crippen LogP contribution < -0.4 is 10.5 Å². The molecule has 0 amide bonds. The number of benzene rings is 1. The summed E-state index contributed by atoms with van der Waals surface area (Å²) >= 11 is 0. The maximum absolute atomic E-state index is 12.1. The molecule has 1 fully saturated rings. The van der Waals surface area contributed by atoms with Crippen LogP contribution in [0.3, 0.4) is 0 Å². The van der Waals surface area contributed by atoms with Crippen LogP contribution in [-0.2, 0) is 19.1 Å². The fourth-order valence-corrected chi connectivity index (χ4v) is 2.43. The zero-order valence-corrected chi connectivity index (χ0v) is 13.2. The van der Waals surface area contributed by atoms with Crippen molar-refractivity contribution in [2.24, 2.45) is 5.73 Å². The summed E-state index contributed by atoms with van der Waals surface area (Å²) in [5, 5.41) is 8.60. The lowest BCUT2D eigenvalue weighted by atomic mass is 10.1. The maximum atomic E-state index is 12.1. The average molecular weight is 333 g/mol. The Morgan fingerprint density at radius 1 is 1.29 bits per heavy atom. The number of rotatable bonds is 6. The molecule has 128 valence electrons. The molecule has 1 aliphatic rings. The van der Waals surface area contributed by atoms with Gasteiger partial charge in [0.1, 0.15) is 11.9 Å². The van der Waals surface area contributed by atoms with Gasteiger partial charge in [0.05, 0.1) is 26.0 Å². The normalized spacial score (nSPS) is 21.8. The Morgan fingerprint density at radius 2 is 1.96 bits per heavy atom. The lowest BCUT2D eigenvalue weighted by Gasteiger charge is -2.17. The lowest BCUT2D eigenvalue weighted by molar-refractivity contribution is -0.150. The molecule has 1 aliphatic carbocycles. The first-order valence-corrected chi connectivity index (χ1v) is 7.46. The average Bonchev–Trinajstić information content (AvgIpc) is 2.80. The molecule has 0 spiro atoms. The summed E-state index contributed by atoms with van der Waals surface area (Å²) in [5.74, 6) is -1.28. The van der Waals surface area contributed by atoms with Crippen LogP contribution in [0.1, 0.15) is 24.8 Å². The first-order chi connectivity index (χ1) is 11.4. The number of aliphatic carboxylic acids is 1. The molecule has 7 heteroatoms. The maximum Gasteiger partial charge on any atom is 0.307 e. The van der Waals surface area contributed by atoms with Crippen LogP contribution in [0.2, 0.25) is 0 Å². The first-order valence-electron chi connectivity index (χ1n) is 7.46. The number of methoxy groups -OCH3 is 1. The van der Waals surface area contributed by atoms with E-state index in [4.69, 9.17) is 20.3 Å². The molecule has 0 radical (unpaired) electrons. The summed E-state index contributed by atoms with van der Waals surface area (Å²) in [7, 11) is 1.56. The van der Waals surface area contributed by atoms with E-state index in [1.165, 1.54) is 0 Å². The van der Waals surface area contributed by atoms with Crippen molar-refractivity contribution in [3.63, 3.8) is 0 Å². The number of carboxylic acids is 1. The number of hydrogen-bond donors (Lipinski definition) is 2. The van der Waals surface area contributed by atoms with Gasteiger partial charge in [-0.2, -0.15) is 0 Å². The molecule has 0 bridgehead atoms. The van der Waals surface area contributed by atoms with Crippen LogP contribution in [0.4, 0.5) is 0 Å². The quantitative estimate of drug-likeness (QED) is 0.592. The highest BCUT2D eigenvalue weighted by Gasteiger charge is 2.38. The highest BCUT2D eigenvalue weighted by Crippen LogP contribution is 2.27. The predicted octanol–water partition coefficient (Wildman–Crippen LogP) is 1.16. The van der Waals surface area contributed by atoms with Crippen molar-refractivity contribution < 1.29 is 29.0 Å². The van der Waals surface area contributed by atoms with Crippen molar-refractivity contribution in [1.29, 1.82) is 0 Å². The fourth-order valence-electron chi connectivity index (χ4n) is 2.43. The highest BCUT2D eigenvalue weighted by atomic mass is 16.5. The van der Waals surface area contributed by atoms with Gasteiger partial charge in [-0.05, 0) is 23.8 Å². The Balaban J connectivity index is 2.15. The van der Waals surface area contributed by atoms with E-state index in [1.54, 1.807) is 37.5 Å². The van der Waals surface area contributed by atoms with Crippen LogP contribution >= 0.6 is 0 Å². The molecule has 0 aromatic heterocycles. The Morgan fingerprint density at radius 3 is 2.54 bits per heavy atom. The van der Waals surface area contributed by atoms with Crippen LogP contribution in [0.25, 0.3) is 6.08 Å². The molecular weight excluding hydrogens is 314 g/mol. The van der Waals surface area contributed by atoms with E-state index in [0.717, 1.165) is 5.56 Å². The van der Waals surface area contributed by atoms with E-state index in [9.17, 15) is 14.4 Å². The molecule has 1 aromatic carbocycles. The Kier molecular flexibility index (Phi) is 5.70. The zero-order chi connectivity index (χ0) is 17.7. The largest absolute Gasteiger partial charge is 0.497 e. The molecule has 2 rings (SSSR count). The first kappa shape index (κ1) is 17.7. The number of carboxylic acid groups (broad SMARTS) is 1. The molecule has 1 aromatic rings. The van der Waals surface area contributed by atoms with Gasteiger partial charge in [-0.15, -0.1) is 0 Å². The lowest BCUT2D eigenvalue weighted by Crippen LogP contribution is -2.34. The van der Waals surface area contributed by atoms with Gasteiger partial charge in [-0.25, -0.2) is 0 Å². The van der Waals surface area contributed by atoms with Crippen LogP contribution in [0, 0.1) is 0 Å². The van der Waals surface area contributed by atoms with Crippen molar-refractivity contribution in [1.82, 2.24) is 0 Å². The van der Waals surface area contributed by atoms with Crippen molar-refractivity contribution in [2.75, 3.05) is 7.11 Å². The molecule has 0 heterocycles. The third kappa shape index (κ3) is 4.42. The number of carbonyl (C=O) groups excluding carboxylic acids is 2. The van der Waals surface area contributed by atoms with Crippen molar-refractivity contribution in [3.8, 4) is 5.75 Å². The van der Waals surface area contributed by atoms with Gasteiger partial charge in [-0.3, -0.25) is 14.4 Å². The Bertz CT molecular complexity index is 664. The number of esters is 1. The molecule has 1 saturated carbocycles. The molecule has 2 unspecified atom stereocenters.